The molecule has 0 saturated carbocycles. The van der Waals surface area contributed by atoms with Crippen LogP contribution in [0.25, 0.3) is 0 Å². The SMILES string of the molecule is CCc1cccc(CC)c1NC(=O)COC(=O)c1ccccc1SC[C@H]1CCCO1. The van der Waals surface area contributed by atoms with Gasteiger partial charge in [0.05, 0.1) is 11.7 Å². The molecule has 0 unspecified atom stereocenters. The van der Waals surface area contributed by atoms with Gasteiger partial charge in [-0.1, -0.05) is 44.2 Å². The highest BCUT2D eigenvalue weighted by atomic mass is 32.2. The van der Waals surface area contributed by atoms with Gasteiger partial charge >= 0.3 is 5.97 Å². The molecule has 0 aromatic heterocycles. The molecule has 0 bridgehead atoms. The summed E-state index contributed by atoms with van der Waals surface area (Å²) in [6.07, 6.45) is 4.01. The summed E-state index contributed by atoms with van der Waals surface area (Å²) in [5.74, 6) is -0.0122. The van der Waals surface area contributed by atoms with Crippen molar-refractivity contribution in [3.8, 4) is 0 Å². The predicted octanol–water partition coefficient (Wildman–Crippen LogP) is 4.88. The Hall–Kier alpha value is -2.31. The van der Waals surface area contributed by atoms with Gasteiger partial charge in [-0.3, -0.25) is 4.79 Å². The minimum Gasteiger partial charge on any atom is -0.452 e. The summed E-state index contributed by atoms with van der Waals surface area (Å²) in [7, 11) is 0. The summed E-state index contributed by atoms with van der Waals surface area (Å²) in [6, 6.07) is 13.3. The van der Waals surface area contributed by atoms with Crippen molar-refractivity contribution in [1.82, 2.24) is 0 Å². The third kappa shape index (κ3) is 5.86. The van der Waals surface area contributed by atoms with E-state index in [4.69, 9.17) is 9.47 Å². The molecule has 0 radical (unpaired) electrons. The summed E-state index contributed by atoms with van der Waals surface area (Å²) in [6.45, 7) is 4.60. The maximum absolute atomic E-state index is 12.6. The van der Waals surface area contributed by atoms with E-state index in [1.54, 1.807) is 23.9 Å². The second-order valence-electron chi connectivity index (χ2n) is 7.22. The molecular weight excluding hydrogens is 398 g/mol. The molecule has 30 heavy (non-hydrogen) atoms. The van der Waals surface area contributed by atoms with Crippen LogP contribution in [-0.2, 0) is 27.1 Å². The van der Waals surface area contributed by atoms with Crippen molar-refractivity contribution in [2.75, 3.05) is 24.3 Å². The molecule has 1 atom stereocenters. The maximum atomic E-state index is 12.6. The minimum atomic E-state index is -0.486. The van der Waals surface area contributed by atoms with Gasteiger partial charge in [-0.2, -0.15) is 0 Å². The van der Waals surface area contributed by atoms with E-state index >= 15 is 0 Å². The number of aryl methyl sites for hydroxylation is 2. The monoisotopic (exact) mass is 427 g/mol. The van der Waals surface area contributed by atoms with Crippen LogP contribution in [0.5, 0.6) is 0 Å². The molecule has 1 N–H and O–H groups in total. The van der Waals surface area contributed by atoms with Crippen molar-refractivity contribution in [3.05, 3.63) is 59.2 Å². The van der Waals surface area contributed by atoms with Crippen LogP contribution in [0, 0.1) is 0 Å². The van der Waals surface area contributed by atoms with Crippen LogP contribution < -0.4 is 5.32 Å². The van der Waals surface area contributed by atoms with Gasteiger partial charge in [0.25, 0.3) is 5.91 Å². The number of para-hydroxylation sites is 1. The van der Waals surface area contributed by atoms with Gasteiger partial charge in [0.15, 0.2) is 6.61 Å². The zero-order valence-corrected chi connectivity index (χ0v) is 18.4. The van der Waals surface area contributed by atoms with Crippen LogP contribution in [0.3, 0.4) is 0 Å². The van der Waals surface area contributed by atoms with Crippen LogP contribution in [0.2, 0.25) is 0 Å². The Kier molecular flexibility index (Phi) is 8.34. The molecule has 0 spiro atoms. The molecule has 0 aliphatic carbocycles. The second kappa shape index (κ2) is 11.2. The first-order valence-electron chi connectivity index (χ1n) is 10.5. The molecule has 6 heteroatoms. The topological polar surface area (TPSA) is 64.6 Å². The fourth-order valence-corrected chi connectivity index (χ4v) is 4.62. The maximum Gasteiger partial charge on any atom is 0.339 e. The van der Waals surface area contributed by atoms with E-state index in [-0.39, 0.29) is 18.6 Å². The largest absolute Gasteiger partial charge is 0.452 e. The van der Waals surface area contributed by atoms with Crippen molar-refractivity contribution in [1.29, 1.82) is 0 Å². The molecule has 1 heterocycles. The van der Waals surface area contributed by atoms with Crippen LogP contribution in [0.15, 0.2) is 47.4 Å². The van der Waals surface area contributed by atoms with Crippen molar-refractivity contribution < 1.29 is 19.1 Å². The summed E-state index contributed by atoms with van der Waals surface area (Å²) in [5.41, 5.74) is 3.46. The van der Waals surface area contributed by atoms with Gasteiger partial charge in [-0.25, -0.2) is 4.79 Å². The van der Waals surface area contributed by atoms with Crippen molar-refractivity contribution in [2.45, 2.75) is 50.5 Å². The number of rotatable bonds is 9. The summed E-state index contributed by atoms with van der Waals surface area (Å²) >= 11 is 1.59. The Morgan fingerprint density at radius 3 is 2.50 bits per heavy atom. The van der Waals surface area contributed by atoms with E-state index in [1.165, 1.54) is 0 Å². The third-order valence-electron chi connectivity index (χ3n) is 5.15. The van der Waals surface area contributed by atoms with E-state index in [9.17, 15) is 9.59 Å². The smallest absolute Gasteiger partial charge is 0.339 e. The first-order valence-corrected chi connectivity index (χ1v) is 11.5. The molecule has 1 saturated heterocycles. The number of benzene rings is 2. The molecule has 3 rings (SSSR count). The van der Waals surface area contributed by atoms with Gasteiger partial charge in [0.2, 0.25) is 0 Å². The highest BCUT2D eigenvalue weighted by Crippen LogP contribution is 2.27. The molecule has 1 aliphatic rings. The van der Waals surface area contributed by atoms with E-state index < -0.39 is 5.97 Å². The average molecular weight is 428 g/mol. The Morgan fingerprint density at radius 1 is 1.10 bits per heavy atom. The number of esters is 1. The molecule has 2 aromatic carbocycles. The number of anilines is 1. The summed E-state index contributed by atoms with van der Waals surface area (Å²) < 4.78 is 11.0. The number of carbonyl (C=O) groups is 2. The van der Waals surface area contributed by atoms with Gasteiger partial charge < -0.3 is 14.8 Å². The molecule has 5 nitrogen and oxygen atoms in total. The van der Waals surface area contributed by atoms with E-state index in [0.717, 1.165) is 59.8 Å². The third-order valence-corrected chi connectivity index (χ3v) is 6.36. The van der Waals surface area contributed by atoms with Crippen LogP contribution >= 0.6 is 11.8 Å². The number of carbonyl (C=O) groups excluding carboxylic acids is 2. The Balaban J connectivity index is 1.59. The fraction of sp³-hybridized carbons (Fsp3) is 0.417. The highest BCUT2D eigenvalue weighted by Gasteiger charge is 2.19. The predicted molar refractivity (Wildman–Crippen MR) is 120 cm³/mol. The first-order chi connectivity index (χ1) is 14.6. The van der Waals surface area contributed by atoms with Crippen LogP contribution in [0.4, 0.5) is 5.69 Å². The number of thioether (sulfide) groups is 1. The molecule has 1 amide bonds. The van der Waals surface area contributed by atoms with Gasteiger partial charge in [0.1, 0.15) is 0 Å². The van der Waals surface area contributed by atoms with E-state index in [0.29, 0.717) is 5.56 Å². The number of ether oxygens (including phenoxy) is 2. The summed E-state index contributed by atoms with van der Waals surface area (Å²) in [5, 5.41) is 2.93. The minimum absolute atomic E-state index is 0.233. The Bertz CT molecular complexity index is 855. The lowest BCUT2D eigenvalue weighted by atomic mass is 10.0. The highest BCUT2D eigenvalue weighted by molar-refractivity contribution is 7.99. The lowest BCUT2D eigenvalue weighted by Crippen LogP contribution is -2.22. The molecule has 160 valence electrons. The number of hydrogen-bond donors (Lipinski definition) is 1. The first kappa shape index (κ1) is 22.4. The fourth-order valence-electron chi connectivity index (χ4n) is 3.51. The number of amides is 1. The molecule has 1 aliphatic heterocycles. The van der Waals surface area contributed by atoms with Crippen LogP contribution in [0.1, 0.15) is 48.2 Å². The molecular formula is C24H29NO4S. The quantitative estimate of drug-likeness (QED) is 0.456. The van der Waals surface area contributed by atoms with Gasteiger partial charge in [0, 0.05) is 22.9 Å². The normalized spacial score (nSPS) is 15.7. The second-order valence-corrected chi connectivity index (χ2v) is 8.29. The number of hydrogen-bond acceptors (Lipinski definition) is 5. The van der Waals surface area contributed by atoms with Crippen molar-refractivity contribution >= 4 is 29.3 Å². The van der Waals surface area contributed by atoms with E-state index in [2.05, 4.69) is 19.2 Å². The van der Waals surface area contributed by atoms with Gasteiger partial charge in [-0.05, 0) is 48.9 Å². The van der Waals surface area contributed by atoms with Crippen molar-refractivity contribution in [3.63, 3.8) is 0 Å². The number of nitrogens with one attached hydrogen (secondary N) is 1. The van der Waals surface area contributed by atoms with Crippen LogP contribution in [-0.4, -0.2) is 36.9 Å². The molecule has 2 aromatic rings. The zero-order valence-electron chi connectivity index (χ0n) is 17.6. The van der Waals surface area contributed by atoms with Crippen molar-refractivity contribution in [2.24, 2.45) is 0 Å². The Labute approximate surface area is 182 Å². The van der Waals surface area contributed by atoms with Gasteiger partial charge in [-0.15, -0.1) is 11.8 Å². The Morgan fingerprint density at radius 2 is 1.83 bits per heavy atom. The lowest BCUT2D eigenvalue weighted by Gasteiger charge is -2.15. The molecule has 1 fully saturated rings. The standard InChI is InChI=1S/C24H29NO4S/c1-3-17-9-7-10-18(4-2)23(17)25-22(26)15-29-24(27)20-12-5-6-13-21(20)30-16-19-11-8-14-28-19/h5-7,9-10,12-13,19H,3-4,8,11,14-16H2,1-2H3,(H,25,26)/t19-/m1/s1. The average Bonchev–Trinajstić information content (AvgIpc) is 3.30. The zero-order chi connectivity index (χ0) is 21.3. The van der Waals surface area contributed by atoms with E-state index in [1.807, 2.05) is 30.3 Å². The summed E-state index contributed by atoms with van der Waals surface area (Å²) in [4.78, 5) is 25.9. The lowest BCUT2D eigenvalue weighted by molar-refractivity contribution is -0.119.